The number of nitrogens with one attached hydrogen (secondary N) is 1. The van der Waals surface area contributed by atoms with Crippen molar-refractivity contribution in [3.05, 3.63) is 94.5 Å². The molecule has 1 heterocycles. The lowest BCUT2D eigenvalue weighted by Crippen LogP contribution is -2.12. The van der Waals surface area contributed by atoms with Crippen molar-refractivity contribution < 1.29 is 22.6 Å². The average molecular weight is 485 g/mol. The molecule has 0 aliphatic heterocycles. The second kappa shape index (κ2) is 9.92. The number of nitrogens with zero attached hydrogens (tertiary/aromatic N) is 3. The van der Waals surface area contributed by atoms with E-state index in [1.807, 2.05) is 54.6 Å². The molecule has 0 amide bonds. The first-order chi connectivity index (χ1) is 16.3. The summed E-state index contributed by atoms with van der Waals surface area (Å²) in [5.74, 6) is 0.0130. The van der Waals surface area contributed by atoms with Gasteiger partial charge in [-0.1, -0.05) is 42.5 Å². The Hall–Kier alpha value is -3.92. The molecule has 0 aliphatic carbocycles. The van der Waals surface area contributed by atoms with Gasteiger partial charge in [-0.2, -0.15) is 22.9 Å². The van der Waals surface area contributed by atoms with E-state index in [2.05, 4.69) is 15.3 Å². The number of alkyl halides is 3. The Morgan fingerprint density at radius 1 is 1.03 bits per heavy atom. The number of H-pyrrole nitrogens is 1. The predicted molar refractivity (Wildman–Crippen MR) is 125 cm³/mol. The molecule has 0 saturated carbocycles. The third-order valence-electron chi connectivity index (χ3n) is 4.89. The smallest absolute Gasteiger partial charge is 0.453 e. The maximum Gasteiger partial charge on any atom is 0.453 e. The minimum Gasteiger partial charge on any atom is -0.496 e. The molecular formula is C24H19F3N4O2S. The number of methoxy groups -OCH3 is 1. The summed E-state index contributed by atoms with van der Waals surface area (Å²) in [6.45, 7) is 0.189. The Kier molecular flexibility index (Phi) is 6.78. The summed E-state index contributed by atoms with van der Waals surface area (Å²) in [7, 11) is 1.53. The van der Waals surface area contributed by atoms with E-state index >= 15 is 0 Å². The summed E-state index contributed by atoms with van der Waals surface area (Å²) in [5.41, 5.74) is 3.41. The standard InChI is InChI=1S/C24H19F3N4O2S/c1-32-21-12-7-16(14-28-31-22(24(25,26)27)29-30-23(31)34)13-19(21)15-33-20-10-8-18(9-11-20)17-5-3-2-4-6-17/h2-14H,15H2,1H3,(H,30,34). The molecule has 1 N–H and O–H groups in total. The summed E-state index contributed by atoms with van der Waals surface area (Å²) < 4.78 is 50.8. The van der Waals surface area contributed by atoms with E-state index in [9.17, 15) is 13.2 Å². The highest BCUT2D eigenvalue weighted by molar-refractivity contribution is 7.71. The Bertz CT molecular complexity index is 1350. The number of halogens is 3. The molecule has 0 atom stereocenters. The van der Waals surface area contributed by atoms with Crippen LogP contribution in [0.5, 0.6) is 11.5 Å². The van der Waals surface area contributed by atoms with Gasteiger partial charge < -0.3 is 9.47 Å². The van der Waals surface area contributed by atoms with Crippen molar-refractivity contribution in [1.82, 2.24) is 14.9 Å². The molecule has 0 saturated heterocycles. The van der Waals surface area contributed by atoms with Gasteiger partial charge in [-0.25, -0.2) is 5.10 Å². The second-order valence-electron chi connectivity index (χ2n) is 7.16. The van der Waals surface area contributed by atoms with E-state index in [0.717, 1.165) is 11.1 Å². The Morgan fingerprint density at radius 2 is 1.74 bits per heavy atom. The number of aromatic amines is 1. The van der Waals surface area contributed by atoms with Gasteiger partial charge in [0.05, 0.1) is 13.3 Å². The molecule has 6 nitrogen and oxygen atoms in total. The van der Waals surface area contributed by atoms with Crippen LogP contribution in [0.25, 0.3) is 11.1 Å². The molecule has 0 radical (unpaired) electrons. The van der Waals surface area contributed by atoms with Crippen molar-refractivity contribution in [2.24, 2.45) is 5.10 Å². The van der Waals surface area contributed by atoms with E-state index in [1.165, 1.54) is 13.3 Å². The van der Waals surface area contributed by atoms with Gasteiger partial charge in [0.1, 0.15) is 18.1 Å². The zero-order valence-corrected chi connectivity index (χ0v) is 18.7. The van der Waals surface area contributed by atoms with E-state index < -0.39 is 12.0 Å². The van der Waals surface area contributed by atoms with Crippen molar-refractivity contribution in [2.75, 3.05) is 7.11 Å². The van der Waals surface area contributed by atoms with Crippen molar-refractivity contribution in [1.29, 1.82) is 0 Å². The molecule has 3 aromatic carbocycles. The molecule has 0 fully saturated rings. The predicted octanol–water partition coefficient (Wildman–Crippen LogP) is 6.10. The third-order valence-corrected chi connectivity index (χ3v) is 5.15. The van der Waals surface area contributed by atoms with Crippen molar-refractivity contribution in [2.45, 2.75) is 12.8 Å². The van der Waals surface area contributed by atoms with Crippen LogP contribution in [0.3, 0.4) is 0 Å². The molecule has 0 bridgehead atoms. The monoisotopic (exact) mass is 484 g/mol. The van der Waals surface area contributed by atoms with Crippen LogP contribution in [0.4, 0.5) is 13.2 Å². The van der Waals surface area contributed by atoms with E-state index in [-0.39, 0.29) is 11.4 Å². The maximum absolute atomic E-state index is 13.1. The Labute approximate surface area is 198 Å². The number of ether oxygens (including phenoxy) is 2. The lowest BCUT2D eigenvalue weighted by molar-refractivity contribution is -0.147. The van der Waals surface area contributed by atoms with Crippen LogP contribution in [0, 0.1) is 4.77 Å². The topological polar surface area (TPSA) is 64.4 Å². The summed E-state index contributed by atoms with van der Waals surface area (Å²) in [6.07, 6.45) is -3.43. The Balaban J connectivity index is 1.51. The van der Waals surface area contributed by atoms with Gasteiger partial charge >= 0.3 is 6.18 Å². The molecule has 1 aromatic heterocycles. The van der Waals surface area contributed by atoms with Gasteiger partial charge in [-0.3, -0.25) is 0 Å². The number of hydrogen-bond acceptors (Lipinski definition) is 5. The Morgan fingerprint density at radius 3 is 2.41 bits per heavy atom. The molecule has 0 aliphatic rings. The quantitative estimate of drug-likeness (QED) is 0.254. The van der Waals surface area contributed by atoms with Crippen molar-refractivity contribution in [3.63, 3.8) is 0 Å². The fraction of sp³-hybridized carbons (Fsp3) is 0.125. The third kappa shape index (κ3) is 5.34. The highest BCUT2D eigenvalue weighted by Gasteiger charge is 2.37. The molecule has 174 valence electrons. The molecule has 4 aromatic rings. The molecule has 34 heavy (non-hydrogen) atoms. The maximum atomic E-state index is 13.1. The van der Waals surface area contributed by atoms with Crippen LogP contribution in [-0.4, -0.2) is 28.2 Å². The SMILES string of the molecule is COc1ccc(C=Nn2c(C(F)(F)F)n[nH]c2=S)cc1COc1ccc(-c2ccccc2)cc1. The number of aromatic nitrogens is 3. The first-order valence-corrected chi connectivity index (χ1v) is 10.5. The molecule has 4 rings (SSSR count). The van der Waals surface area contributed by atoms with E-state index in [4.69, 9.17) is 21.7 Å². The van der Waals surface area contributed by atoms with Crippen LogP contribution in [0.2, 0.25) is 0 Å². The minimum absolute atomic E-state index is 0.189. The first kappa shape index (κ1) is 23.2. The summed E-state index contributed by atoms with van der Waals surface area (Å²) in [5, 5.41) is 9.15. The largest absolute Gasteiger partial charge is 0.496 e. The van der Waals surface area contributed by atoms with Crippen LogP contribution in [0.15, 0.2) is 77.9 Å². The van der Waals surface area contributed by atoms with Crippen LogP contribution in [-0.2, 0) is 12.8 Å². The van der Waals surface area contributed by atoms with E-state index in [1.54, 1.807) is 18.2 Å². The number of hydrogen-bond donors (Lipinski definition) is 1. The average Bonchev–Trinajstić information content (AvgIpc) is 3.23. The van der Waals surface area contributed by atoms with Crippen LogP contribution in [0.1, 0.15) is 17.0 Å². The first-order valence-electron chi connectivity index (χ1n) is 10.1. The van der Waals surface area contributed by atoms with Crippen LogP contribution >= 0.6 is 12.2 Å². The summed E-state index contributed by atoms with van der Waals surface area (Å²) in [6, 6.07) is 22.7. The number of benzene rings is 3. The highest BCUT2D eigenvalue weighted by Crippen LogP contribution is 2.28. The minimum atomic E-state index is -4.69. The lowest BCUT2D eigenvalue weighted by atomic mass is 10.1. The fourth-order valence-corrected chi connectivity index (χ4v) is 3.41. The van der Waals surface area contributed by atoms with Gasteiger partial charge in [0.25, 0.3) is 5.82 Å². The van der Waals surface area contributed by atoms with Gasteiger partial charge in [-0.05, 0) is 59.2 Å². The summed E-state index contributed by atoms with van der Waals surface area (Å²) >= 11 is 4.85. The van der Waals surface area contributed by atoms with Gasteiger partial charge in [0.2, 0.25) is 4.77 Å². The molecule has 0 spiro atoms. The lowest BCUT2D eigenvalue weighted by Gasteiger charge is -2.12. The second-order valence-corrected chi connectivity index (χ2v) is 7.54. The zero-order chi connectivity index (χ0) is 24.1. The highest BCUT2D eigenvalue weighted by atomic mass is 32.1. The van der Waals surface area contributed by atoms with Crippen LogP contribution < -0.4 is 9.47 Å². The fourth-order valence-electron chi connectivity index (χ4n) is 3.23. The van der Waals surface area contributed by atoms with Crippen molar-refractivity contribution >= 4 is 18.4 Å². The summed E-state index contributed by atoms with van der Waals surface area (Å²) in [4.78, 5) is 0. The van der Waals surface area contributed by atoms with Gasteiger partial charge in [0.15, 0.2) is 0 Å². The molecule has 10 heteroatoms. The van der Waals surface area contributed by atoms with Crippen molar-refractivity contribution in [3.8, 4) is 22.6 Å². The normalized spacial score (nSPS) is 11.6. The molecular weight excluding hydrogens is 465 g/mol. The van der Waals surface area contributed by atoms with E-state index in [0.29, 0.717) is 27.3 Å². The van der Waals surface area contributed by atoms with Gasteiger partial charge in [0, 0.05) is 5.56 Å². The molecule has 0 unspecified atom stereocenters. The van der Waals surface area contributed by atoms with Gasteiger partial charge in [-0.15, -0.1) is 5.10 Å². The zero-order valence-electron chi connectivity index (χ0n) is 17.9. The number of rotatable bonds is 7.